The minimum atomic E-state index is 1.11. The first kappa shape index (κ1) is 29.9. The highest BCUT2D eigenvalue weighted by Gasteiger charge is 2.15. The summed E-state index contributed by atoms with van der Waals surface area (Å²) in [6.45, 7) is 0. The SMILES string of the molecule is c1ccc(-c2ccc(N(c3ccc(-c4ccccc4)cc3)c3ccc(-c4ccc5sc6cc(-c7ccccc7)ccc6c5c4)cc3)cc2)cc1. The zero-order valence-corrected chi connectivity index (χ0v) is 28.2. The number of anilines is 3. The van der Waals surface area contributed by atoms with Crippen molar-refractivity contribution in [3.05, 3.63) is 200 Å². The Hall–Kier alpha value is -6.22. The topological polar surface area (TPSA) is 3.24 Å². The van der Waals surface area contributed by atoms with Crippen molar-refractivity contribution < 1.29 is 0 Å². The maximum atomic E-state index is 2.35. The van der Waals surface area contributed by atoms with Gasteiger partial charge in [-0.2, -0.15) is 0 Å². The van der Waals surface area contributed by atoms with Crippen LogP contribution in [0.1, 0.15) is 0 Å². The average molecular weight is 656 g/mol. The predicted molar refractivity (Wildman–Crippen MR) is 216 cm³/mol. The molecule has 8 aromatic carbocycles. The second-order valence-electron chi connectivity index (χ2n) is 12.6. The third-order valence-corrected chi connectivity index (χ3v) is 10.6. The molecule has 0 amide bonds. The fraction of sp³-hybridized carbons (Fsp3) is 0. The van der Waals surface area contributed by atoms with Crippen molar-refractivity contribution in [2.24, 2.45) is 0 Å². The monoisotopic (exact) mass is 655 g/mol. The molecule has 0 aliphatic carbocycles. The minimum absolute atomic E-state index is 1.11. The molecule has 0 saturated heterocycles. The average Bonchev–Trinajstić information content (AvgIpc) is 3.57. The van der Waals surface area contributed by atoms with Crippen LogP contribution >= 0.6 is 11.3 Å². The maximum Gasteiger partial charge on any atom is 0.0462 e. The summed E-state index contributed by atoms with van der Waals surface area (Å²) in [6.07, 6.45) is 0. The predicted octanol–water partition coefficient (Wildman–Crippen LogP) is 14.2. The van der Waals surface area contributed by atoms with Crippen molar-refractivity contribution in [1.29, 1.82) is 0 Å². The molecular weight excluding hydrogens is 623 g/mol. The van der Waals surface area contributed by atoms with Gasteiger partial charge in [-0.05, 0) is 99.1 Å². The number of benzene rings is 8. The lowest BCUT2D eigenvalue weighted by atomic mass is 10.0. The van der Waals surface area contributed by atoms with Crippen LogP contribution in [-0.2, 0) is 0 Å². The van der Waals surface area contributed by atoms with E-state index in [1.54, 1.807) is 0 Å². The molecule has 0 bridgehead atoms. The smallest absolute Gasteiger partial charge is 0.0462 e. The minimum Gasteiger partial charge on any atom is -0.311 e. The Morgan fingerprint density at radius 3 is 1.10 bits per heavy atom. The summed E-state index contributed by atoms with van der Waals surface area (Å²) in [7, 11) is 0. The lowest BCUT2D eigenvalue weighted by Crippen LogP contribution is -2.09. The molecule has 0 N–H and O–H groups in total. The summed E-state index contributed by atoms with van der Waals surface area (Å²) >= 11 is 1.87. The molecule has 9 rings (SSSR count). The molecule has 9 aromatic rings. The number of nitrogens with zero attached hydrogens (tertiary/aromatic N) is 1. The summed E-state index contributed by atoms with van der Waals surface area (Å²) < 4.78 is 2.63. The molecule has 1 nitrogen and oxygen atoms in total. The van der Waals surface area contributed by atoms with Gasteiger partial charge in [-0.25, -0.2) is 0 Å². The fourth-order valence-corrected chi connectivity index (χ4v) is 8.01. The van der Waals surface area contributed by atoms with E-state index < -0.39 is 0 Å². The second kappa shape index (κ2) is 13.0. The third kappa shape index (κ3) is 5.77. The lowest BCUT2D eigenvalue weighted by Gasteiger charge is -2.26. The molecule has 50 heavy (non-hydrogen) atoms. The molecule has 236 valence electrons. The zero-order valence-electron chi connectivity index (χ0n) is 27.4. The molecule has 0 aliphatic heterocycles. The molecule has 0 radical (unpaired) electrons. The maximum absolute atomic E-state index is 2.35. The van der Waals surface area contributed by atoms with Gasteiger partial charge in [-0.3, -0.25) is 0 Å². The van der Waals surface area contributed by atoms with E-state index in [-0.39, 0.29) is 0 Å². The van der Waals surface area contributed by atoms with Gasteiger partial charge in [0.1, 0.15) is 0 Å². The van der Waals surface area contributed by atoms with Crippen molar-refractivity contribution in [2.45, 2.75) is 0 Å². The Morgan fingerprint density at radius 2 is 0.620 bits per heavy atom. The number of fused-ring (bicyclic) bond motifs is 3. The van der Waals surface area contributed by atoms with Gasteiger partial charge in [0.05, 0.1) is 0 Å². The van der Waals surface area contributed by atoms with E-state index in [0.29, 0.717) is 0 Å². The second-order valence-corrected chi connectivity index (χ2v) is 13.7. The van der Waals surface area contributed by atoms with Gasteiger partial charge in [-0.1, -0.05) is 146 Å². The van der Waals surface area contributed by atoms with Gasteiger partial charge >= 0.3 is 0 Å². The van der Waals surface area contributed by atoms with Crippen LogP contribution in [0.15, 0.2) is 200 Å². The quantitative estimate of drug-likeness (QED) is 0.165. The van der Waals surface area contributed by atoms with E-state index >= 15 is 0 Å². The Labute approximate surface area is 297 Å². The van der Waals surface area contributed by atoms with Gasteiger partial charge in [0.15, 0.2) is 0 Å². The summed E-state index contributed by atoms with van der Waals surface area (Å²) in [6, 6.07) is 72.2. The molecule has 0 spiro atoms. The zero-order chi connectivity index (χ0) is 33.3. The standard InChI is InChI=1S/C48H33NS/c1-4-10-34(11-5-1)37-16-24-42(25-17-37)49(43-26-18-38(19-27-43)35-12-6-2-7-13-35)44-28-20-39(21-29-44)40-23-31-47-46(32-40)45-30-22-41(33-48(45)50-47)36-14-8-3-9-15-36/h1-33H. The van der Waals surface area contributed by atoms with E-state index in [9.17, 15) is 0 Å². The van der Waals surface area contributed by atoms with Crippen LogP contribution < -0.4 is 4.90 Å². The van der Waals surface area contributed by atoms with Gasteiger partial charge in [0.25, 0.3) is 0 Å². The van der Waals surface area contributed by atoms with Crippen LogP contribution in [0, 0.1) is 0 Å². The highest BCUT2D eigenvalue weighted by molar-refractivity contribution is 7.25. The van der Waals surface area contributed by atoms with E-state index in [0.717, 1.165) is 17.1 Å². The summed E-state index contributed by atoms with van der Waals surface area (Å²) in [5.74, 6) is 0. The summed E-state index contributed by atoms with van der Waals surface area (Å²) in [5.41, 5.74) is 13.1. The summed E-state index contributed by atoms with van der Waals surface area (Å²) in [4.78, 5) is 2.34. The summed E-state index contributed by atoms with van der Waals surface area (Å²) in [5, 5.41) is 2.62. The Morgan fingerprint density at radius 1 is 0.260 bits per heavy atom. The molecule has 1 aromatic heterocycles. The molecule has 0 aliphatic rings. The lowest BCUT2D eigenvalue weighted by molar-refractivity contribution is 1.28. The normalized spacial score (nSPS) is 11.2. The van der Waals surface area contributed by atoms with Crippen molar-refractivity contribution in [3.8, 4) is 44.5 Å². The van der Waals surface area contributed by atoms with Crippen LogP contribution in [0.25, 0.3) is 64.7 Å². The van der Waals surface area contributed by atoms with Crippen LogP contribution in [-0.4, -0.2) is 0 Å². The number of rotatable bonds is 7. The van der Waals surface area contributed by atoms with Crippen LogP contribution in [0.3, 0.4) is 0 Å². The number of thiophene rings is 1. The van der Waals surface area contributed by atoms with Gasteiger partial charge in [-0.15, -0.1) is 11.3 Å². The highest BCUT2D eigenvalue weighted by Crippen LogP contribution is 2.40. The molecule has 0 fully saturated rings. The number of hydrogen-bond acceptors (Lipinski definition) is 2. The van der Waals surface area contributed by atoms with Gasteiger partial charge in [0.2, 0.25) is 0 Å². The van der Waals surface area contributed by atoms with Gasteiger partial charge < -0.3 is 4.90 Å². The van der Waals surface area contributed by atoms with Crippen LogP contribution in [0.5, 0.6) is 0 Å². The molecule has 0 saturated carbocycles. The highest BCUT2D eigenvalue weighted by atomic mass is 32.1. The molecule has 2 heteroatoms. The van der Waals surface area contributed by atoms with Crippen molar-refractivity contribution in [1.82, 2.24) is 0 Å². The van der Waals surface area contributed by atoms with E-state index in [1.165, 1.54) is 64.7 Å². The molecular formula is C48H33NS. The van der Waals surface area contributed by atoms with E-state index in [2.05, 4.69) is 205 Å². The fourth-order valence-electron chi connectivity index (χ4n) is 6.88. The molecule has 1 heterocycles. The first-order valence-corrected chi connectivity index (χ1v) is 17.8. The molecule has 0 unspecified atom stereocenters. The number of hydrogen-bond donors (Lipinski definition) is 0. The van der Waals surface area contributed by atoms with Crippen molar-refractivity contribution in [3.63, 3.8) is 0 Å². The van der Waals surface area contributed by atoms with Crippen molar-refractivity contribution >= 4 is 48.6 Å². The third-order valence-electron chi connectivity index (χ3n) is 9.50. The van der Waals surface area contributed by atoms with Crippen molar-refractivity contribution in [2.75, 3.05) is 4.90 Å². The first-order chi connectivity index (χ1) is 24.8. The Balaban J connectivity index is 1.06. The Bertz CT molecular complexity index is 2450. The van der Waals surface area contributed by atoms with Gasteiger partial charge in [0, 0.05) is 37.2 Å². The largest absolute Gasteiger partial charge is 0.311 e. The van der Waals surface area contributed by atoms with Crippen LogP contribution in [0.4, 0.5) is 17.1 Å². The molecule has 0 atom stereocenters. The Kier molecular flexibility index (Phi) is 7.77. The van der Waals surface area contributed by atoms with E-state index in [1.807, 2.05) is 11.3 Å². The first-order valence-electron chi connectivity index (χ1n) is 17.0. The van der Waals surface area contributed by atoms with E-state index in [4.69, 9.17) is 0 Å². The van der Waals surface area contributed by atoms with Crippen LogP contribution in [0.2, 0.25) is 0 Å².